The van der Waals surface area contributed by atoms with Crippen LogP contribution in [0.3, 0.4) is 0 Å². The maximum Gasteiger partial charge on any atom is 0.338 e. The van der Waals surface area contributed by atoms with Crippen molar-refractivity contribution in [2.45, 2.75) is 20.5 Å². The Hall–Kier alpha value is -3.15. The molecule has 0 fully saturated rings. The molecule has 1 aliphatic rings. The molecule has 0 spiro atoms. The van der Waals surface area contributed by atoms with Crippen molar-refractivity contribution in [2.75, 3.05) is 6.79 Å². The third-order valence-electron chi connectivity index (χ3n) is 4.12. The van der Waals surface area contributed by atoms with Crippen LogP contribution in [0.1, 0.15) is 27.3 Å². The number of hydrogen-bond acceptors (Lipinski definition) is 6. The molecule has 25 heavy (non-hydrogen) atoms. The highest BCUT2D eigenvalue weighted by atomic mass is 16.7. The van der Waals surface area contributed by atoms with Crippen molar-refractivity contribution >= 4 is 17.0 Å². The summed E-state index contributed by atoms with van der Waals surface area (Å²) in [7, 11) is 0. The van der Waals surface area contributed by atoms with Crippen molar-refractivity contribution in [2.24, 2.45) is 0 Å². The maximum absolute atomic E-state index is 12.3. The van der Waals surface area contributed by atoms with Gasteiger partial charge in [0.25, 0.3) is 0 Å². The number of rotatable bonds is 3. The first-order chi connectivity index (χ1) is 12.1. The Morgan fingerprint density at radius 3 is 2.60 bits per heavy atom. The van der Waals surface area contributed by atoms with Crippen molar-refractivity contribution in [3.63, 3.8) is 0 Å². The highest BCUT2D eigenvalue weighted by molar-refractivity contribution is 5.93. The number of aryl methyl sites for hydroxylation is 2. The average Bonchev–Trinajstić information content (AvgIpc) is 3.08. The molecule has 2 heterocycles. The highest BCUT2D eigenvalue weighted by Gasteiger charge is 2.15. The number of fused-ring (bicyclic) bond motifs is 2. The second kappa shape index (κ2) is 6.05. The monoisotopic (exact) mass is 336 g/mol. The zero-order valence-electron chi connectivity index (χ0n) is 13.9. The summed E-state index contributed by atoms with van der Waals surface area (Å²) in [6.07, 6.45) is 0. The molecular weight excluding hydrogens is 320 g/mol. The van der Waals surface area contributed by atoms with Crippen LogP contribution in [0.5, 0.6) is 11.5 Å². The van der Waals surface area contributed by atoms with Gasteiger partial charge in [0, 0.05) is 0 Å². The van der Waals surface area contributed by atoms with Crippen molar-refractivity contribution in [1.82, 2.24) is 9.97 Å². The van der Waals surface area contributed by atoms with E-state index in [-0.39, 0.29) is 13.4 Å². The Balaban J connectivity index is 1.51. The van der Waals surface area contributed by atoms with E-state index in [0.29, 0.717) is 22.6 Å². The predicted octanol–water partition coefficient (Wildman–Crippen LogP) is 3.33. The van der Waals surface area contributed by atoms with Crippen LogP contribution < -0.4 is 9.47 Å². The van der Waals surface area contributed by atoms with Crippen molar-refractivity contribution in [1.29, 1.82) is 0 Å². The fourth-order valence-electron chi connectivity index (χ4n) is 2.62. The first-order valence-electron chi connectivity index (χ1n) is 7.91. The number of nitrogens with zero attached hydrogens (tertiary/aromatic N) is 2. The molecular formula is C19H16N2O4. The van der Waals surface area contributed by atoms with Gasteiger partial charge in [-0.25, -0.2) is 14.8 Å². The minimum absolute atomic E-state index is 0.159. The van der Waals surface area contributed by atoms with E-state index in [1.54, 1.807) is 18.2 Å². The molecule has 0 saturated carbocycles. The van der Waals surface area contributed by atoms with Gasteiger partial charge in [-0.3, -0.25) is 0 Å². The topological polar surface area (TPSA) is 70.5 Å². The maximum atomic E-state index is 12.3. The van der Waals surface area contributed by atoms with Crippen LogP contribution in [0, 0.1) is 13.8 Å². The summed E-state index contributed by atoms with van der Waals surface area (Å²) in [6, 6.07) is 10.7. The fraction of sp³-hybridized carbons (Fsp3) is 0.211. The van der Waals surface area contributed by atoms with Gasteiger partial charge >= 0.3 is 5.97 Å². The van der Waals surface area contributed by atoms with Crippen LogP contribution in [0.15, 0.2) is 36.4 Å². The lowest BCUT2D eigenvalue weighted by Crippen LogP contribution is -2.06. The summed E-state index contributed by atoms with van der Waals surface area (Å²) in [5.74, 6) is 0.966. The molecule has 0 radical (unpaired) electrons. The third-order valence-corrected chi connectivity index (χ3v) is 4.12. The summed E-state index contributed by atoms with van der Waals surface area (Å²) >= 11 is 0. The number of esters is 1. The lowest BCUT2D eigenvalue weighted by molar-refractivity contribution is 0.0472. The lowest BCUT2D eigenvalue weighted by atomic mass is 10.2. The minimum atomic E-state index is -0.403. The van der Waals surface area contributed by atoms with Gasteiger partial charge in [0.2, 0.25) is 6.79 Å². The molecule has 6 heteroatoms. The van der Waals surface area contributed by atoms with E-state index < -0.39 is 5.97 Å². The van der Waals surface area contributed by atoms with Gasteiger partial charge in [0.1, 0.15) is 6.61 Å². The van der Waals surface area contributed by atoms with E-state index in [1.807, 2.05) is 32.0 Å². The Morgan fingerprint density at radius 2 is 1.76 bits per heavy atom. The van der Waals surface area contributed by atoms with Gasteiger partial charge in [-0.1, -0.05) is 6.07 Å². The number of aromatic nitrogens is 2. The molecule has 0 saturated heterocycles. The molecule has 0 N–H and O–H groups in total. The van der Waals surface area contributed by atoms with Gasteiger partial charge < -0.3 is 14.2 Å². The Bertz CT molecular complexity index is 985. The Morgan fingerprint density at radius 1 is 1.00 bits per heavy atom. The van der Waals surface area contributed by atoms with Gasteiger partial charge in [-0.15, -0.1) is 0 Å². The first-order valence-corrected chi connectivity index (χ1v) is 7.91. The summed E-state index contributed by atoms with van der Waals surface area (Å²) in [5.41, 5.74) is 4.45. The van der Waals surface area contributed by atoms with Crippen molar-refractivity contribution in [3.8, 4) is 11.5 Å². The number of carbonyl (C=O) groups is 1. The largest absolute Gasteiger partial charge is 0.457 e. The number of hydrogen-bond donors (Lipinski definition) is 0. The van der Waals surface area contributed by atoms with Crippen LogP contribution in [0.25, 0.3) is 11.0 Å². The zero-order chi connectivity index (χ0) is 17.4. The van der Waals surface area contributed by atoms with E-state index in [4.69, 9.17) is 14.2 Å². The van der Waals surface area contributed by atoms with Crippen LogP contribution in [-0.2, 0) is 11.3 Å². The van der Waals surface area contributed by atoms with Crippen LogP contribution in [0.4, 0.5) is 0 Å². The number of carbonyl (C=O) groups excluding carboxylic acids is 1. The molecule has 3 aromatic rings. The molecule has 1 aliphatic heterocycles. The molecule has 0 atom stereocenters. The molecule has 0 bridgehead atoms. The van der Waals surface area contributed by atoms with E-state index in [1.165, 1.54) is 0 Å². The summed E-state index contributed by atoms with van der Waals surface area (Å²) in [4.78, 5) is 21.3. The van der Waals surface area contributed by atoms with E-state index >= 15 is 0 Å². The molecule has 0 aliphatic carbocycles. The van der Waals surface area contributed by atoms with Crippen LogP contribution in [0.2, 0.25) is 0 Å². The van der Waals surface area contributed by atoms with Gasteiger partial charge in [0.05, 0.1) is 28.0 Å². The quantitative estimate of drug-likeness (QED) is 0.683. The lowest BCUT2D eigenvalue weighted by Gasteiger charge is -2.07. The first kappa shape index (κ1) is 15.4. The molecule has 6 nitrogen and oxygen atoms in total. The second-order valence-corrected chi connectivity index (χ2v) is 5.86. The average molecular weight is 336 g/mol. The normalized spacial score (nSPS) is 12.4. The number of benzene rings is 2. The Labute approximate surface area is 144 Å². The van der Waals surface area contributed by atoms with Gasteiger partial charge in [-0.05, 0) is 49.7 Å². The standard InChI is InChI=1S/C19H16N2O4/c1-11-12(2)21-16-8-14(4-5-15(16)20-11)19(22)23-9-13-3-6-17-18(7-13)25-10-24-17/h3-8H,9-10H2,1-2H3. The SMILES string of the molecule is Cc1nc2ccc(C(=O)OCc3ccc4c(c3)OCO4)cc2nc1C. The van der Waals surface area contributed by atoms with E-state index in [2.05, 4.69) is 9.97 Å². The van der Waals surface area contributed by atoms with Crippen molar-refractivity contribution < 1.29 is 19.0 Å². The van der Waals surface area contributed by atoms with Crippen molar-refractivity contribution in [3.05, 3.63) is 58.9 Å². The zero-order valence-corrected chi connectivity index (χ0v) is 13.9. The second-order valence-electron chi connectivity index (χ2n) is 5.86. The molecule has 0 amide bonds. The molecule has 2 aromatic carbocycles. The molecule has 4 rings (SSSR count). The summed E-state index contributed by atoms with van der Waals surface area (Å²) in [6.45, 7) is 4.18. The van der Waals surface area contributed by atoms with E-state index in [0.717, 1.165) is 22.5 Å². The van der Waals surface area contributed by atoms with Crippen LogP contribution >= 0.6 is 0 Å². The van der Waals surface area contributed by atoms with E-state index in [9.17, 15) is 4.79 Å². The number of ether oxygens (including phenoxy) is 3. The summed E-state index contributed by atoms with van der Waals surface area (Å²) in [5, 5.41) is 0. The minimum Gasteiger partial charge on any atom is -0.457 e. The summed E-state index contributed by atoms with van der Waals surface area (Å²) < 4.78 is 16.0. The predicted molar refractivity (Wildman–Crippen MR) is 90.7 cm³/mol. The Kier molecular flexibility index (Phi) is 3.72. The highest BCUT2D eigenvalue weighted by Crippen LogP contribution is 2.32. The fourth-order valence-corrected chi connectivity index (χ4v) is 2.62. The smallest absolute Gasteiger partial charge is 0.338 e. The molecule has 126 valence electrons. The van der Waals surface area contributed by atoms with Gasteiger partial charge in [-0.2, -0.15) is 0 Å². The molecule has 1 aromatic heterocycles. The van der Waals surface area contributed by atoms with Crippen LogP contribution in [-0.4, -0.2) is 22.7 Å². The third kappa shape index (κ3) is 2.98. The molecule has 0 unspecified atom stereocenters. The van der Waals surface area contributed by atoms with Gasteiger partial charge in [0.15, 0.2) is 11.5 Å².